The van der Waals surface area contributed by atoms with Crippen LogP contribution in [0.2, 0.25) is 0 Å². The van der Waals surface area contributed by atoms with Gasteiger partial charge in [-0.1, -0.05) is 20.8 Å². The number of carbonyl (C=O) groups excluding carboxylic acids is 2. The second-order valence-electron chi connectivity index (χ2n) is 5.08. The van der Waals surface area contributed by atoms with Gasteiger partial charge in [0.25, 0.3) is 11.8 Å². The normalized spacial score (nSPS) is 11.1. The molecule has 2 amide bonds. The van der Waals surface area contributed by atoms with Crippen molar-refractivity contribution in [2.45, 2.75) is 26.2 Å². The number of primary amides is 2. The molecule has 98 valence electrons. The van der Waals surface area contributed by atoms with E-state index in [0.29, 0.717) is 0 Å². The summed E-state index contributed by atoms with van der Waals surface area (Å²) in [7, 11) is 1.37. The number of amides is 2. The number of rotatable bonds is 3. The summed E-state index contributed by atoms with van der Waals surface area (Å²) >= 11 is 0. The van der Waals surface area contributed by atoms with Gasteiger partial charge in [-0.2, -0.15) is 0 Å². The molecule has 0 spiro atoms. The molecule has 1 rings (SSSR count). The van der Waals surface area contributed by atoms with Crippen LogP contribution in [0.4, 0.5) is 0 Å². The van der Waals surface area contributed by atoms with Gasteiger partial charge in [0.05, 0.1) is 18.2 Å². The molecule has 0 radical (unpaired) electrons. The Morgan fingerprint density at radius 3 is 1.67 bits per heavy atom. The molecule has 0 bridgehead atoms. The first kappa shape index (κ1) is 14.0. The van der Waals surface area contributed by atoms with Crippen molar-refractivity contribution in [3.05, 3.63) is 28.8 Å². The van der Waals surface area contributed by atoms with Crippen molar-refractivity contribution >= 4 is 11.8 Å². The Labute approximate surface area is 106 Å². The van der Waals surface area contributed by atoms with Crippen LogP contribution in [0, 0.1) is 0 Å². The molecule has 0 unspecified atom stereocenters. The molecule has 0 aliphatic carbocycles. The molecule has 0 atom stereocenters. The van der Waals surface area contributed by atoms with Crippen LogP contribution in [0.25, 0.3) is 0 Å². The third-order valence-corrected chi connectivity index (χ3v) is 2.69. The zero-order chi connectivity index (χ0) is 14.1. The number of carbonyl (C=O) groups is 2. The quantitative estimate of drug-likeness (QED) is 0.843. The summed E-state index contributed by atoms with van der Waals surface area (Å²) in [5.74, 6) is -1.18. The maximum Gasteiger partial charge on any atom is 0.252 e. The molecule has 0 aromatic heterocycles. The van der Waals surface area contributed by atoms with E-state index in [1.165, 1.54) is 7.11 Å². The Bertz CT molecular complexity index is 466. The van der Waals surface area contributed by atoms with Crippen molar-refractivity contribution in [1.82, 2.24) is 0 Å². The van der Waals surface area contributed by atoms with E-state index in [1.54, 1.807) is 12.1 Å². The molecular weight excluding hydrogens is 232 g/mol. The fourth-order valence-corrected chi connectivity index (χ4v) is 1.65. The van der Waals surface area contributed by atoms with Crippen molar-refractivity contribution in [2.24, 2.45) is 11.5 Å². The van der Waals surface area contributed by atoms with Gasteiger partial charge >= 0.3 is 0 Å². The van der Waals surface area contributed by atoms with Crippen molar-refractivity contribution in [3.63, 3.8) is 0 Å². The summed E-state index contributed by atoms with van der Waals surface area (Å²) in [5, 5.41) is 0. The fourth-order valence-electron chi connectivity index (χ4n) is 1.65. The Morgan fingerprint density at radius 1 is 1.06 bits per heavy atom. The molecule has 0 aliphatic heterocycles. The lowest BCUT2D eigenvalue weighted by molar-refractivity contribution is 0.0995. The van der Waals surface area contributed by atoms with Crippen LogP contribution in [-0.2, 0) is 5.41 Å². The van der Waals surface area contributed by atoms with Crippen molar-refractivity contribution < 1.29 is 14.3 Å². The summed E-state index contributed by atoms with van der Waals surface area (Å²) in [6, 6.07) is 3.27. The van der Waals surface area contributed by atoms with Gasteiger partial charge in [0.15, 0.2) is 0 Å². The first-order valence-electron chi connectivity index (χ1n) is 5.50. The third kappa shape index (κ3) is 2.61. The van der Waals surface area contributed by atoms with Crippen LogP contribution in [0.1, 0.15) is 47.1 Å². The average molecular weight is 250 g/mol. The van der Waals surface area contributed by atoms with Gasteiger partial charge in [-0.15, -0.1) is 0 Å². The number of benzene rings is 1. The predicted octanol–water partition coefficient (Wildman–Crippen LogP) is 1.19. The van der Waals surface area contributed by atoms with E-state index < -0.39 is 11.8 Å². The molecule has 4 N–H and O–H groups in total. The van der Waals surface area contributed by atoms with Crippen LogP contribution in [0.15, 0.2) is 12.1 Å². The van der Waals surface area contributed by atoms with Crippen LogP contribution >= 0.6 is 0 Å². The molecule has 18 heavy (non-hydrogen) atoms. The van der Waals surface area contributed by atoms with E-state index >= 15 is 0 Å². The number of hydrogen-bond donors (Lipinski definition) is 2. The Kier molecular flexibility index (Phi) is 3.65. The summed E-state index contributed by atoms with van der Waals surface area (Å²) in [4.78, 5) is 22.8. The second-order valence-corrected chi connectivity index (χ2v) is 5.08. The Hall–Kier alpha value is -2.04. The maximum absolute atomic E-state index is 11.4. The van der Waals surface area contributed by atoms with Crippen LogP contribution in [0.5, 0.6) is 5.75 Å². The van der Waals surface area contributed by atoms with Crippen molar-refractivity contribution in [3.8, 4) is 5.75 Å². The van der Waals surface area contributed by atoms with Gasteiger partial charge in [-0.25, -0.2) is 0 Å². The molecule has 0 fully saturated rings. The highest BCUT2D eigenvalue weighted by molar-refractivity contribution is 6.03. The molecule has 0 saturated carbocycles. The SMILES string of the molecule is COc1c(C(N)=O)cc(C(C)(C)C)cc1C(N)=O. The minimum Gasteiger partial charge on any atom is -0.495 e. The lowest BCUT2D eigenvalue weighted by Crippen LogP contribution is -2.21. The lowest BCUT2D eigenvalue weighted by atomic mass is 9.84. The van der Waals surface area contributed by atoms with Gasteiger partial charge in [0, 0.05) is 0 Å². The van der Waals surface area contributed by atoms with E-state index in [1.807, 2.05) is 20.8 Å². The highest BCUT2D eigenvalue weighted by Gasteiger charge is 2.23. The van der Waals surface area contributed by atoms with E-state index in [0.717, 1.165) is 5.56 Å². The van der Waals surface area contributed by atoms with Crippen LogP contribution in [-0.4, -0.2) is 18.9 Å². The number of methoxy groups -OCH3 is 1. The summed E-state index contributed by atoms with van der Waals surface area (Å²) < 4.78 is 5.07. The van der Waals surface area contributed by atoms with Gasteiger partial charge < -0.3 is 16.2 Å². The van der Waals surface area contributed by atoms with E-state index in [-0.39, 0.29) is 22.3 Å². The van der Waals surface area contributed by atoms with Crippen LogP contribution in [0.3, 0.4) is 0 Å². The topological polar surface area (TPSA) is 95.4 Å². The van der Waals surface area contributed by atoms with Gasteiger partial charge in [-0.05, 0) is 23.1 Å². The minimum absolute atomic E-state index is 0.128. The molecule has 0 aliphatic rings. The fraction of sp³-hybridized carbons (Fsp3) is 0.385. The summed E-state index contributed by atoms with van der Waals surface area (Å²) in [6.07, 6.45) is 0. The zero-order valence-electron chi connectivity index (χ0n) is 11.0. The van der Waals surface area contributed by atoms with Crippen LogP contribution < -0.4 is 16.2 Å². The van der Waals surface area contributed by atoms with Gasteiger partial charge in [0.2, 0.25) is 0 Å². The highest BCUT2D eigenvalue weighted by Crippen LogP contribution is 2.31. The monoisotopic (exact) mass is 250 g/mol. The summed E-state index contributed by atoms with van der Waals surface area (Å²) in [5.41, 5.74) is 11.5. The van der Waals surface area contributed by atoms with Crippen molar-refractivity contribution in [1.29, 1.82) is 0 Å². The lowest BCUT2D eigenvalue weighted by Gasteiger charge is -2.22. The highest BCUT2D eigenvalue weighted by atomic mass is 16.5. The third-order valence-electron chi connectivity index (χ3n) is 2.69. The first-order chi connectivity index (χ1) is 8.18. The minimum atomic E-state index is -0.652. The molecular formula is C13H18N2O3. The zero-order valence-corrected chi connectivity index (χ0v) is 11.0. The molecule has 5 nitrogen and oxygen atoms in total. The second kappa shape index (κ2) is 4.68. The van der Waals surface area contributed by atoms with Gasteiger partial charge in [-0.3, -0.25) is 9.59 Å². The standard InChI is InChI=1S/C13H18N2O3/c1-13(2,3)7-5-8(11(14)16)10(18-4)9(6-7)12(15)17/h5-6H,1-4H3,(H2,14,16)(H2,15,17). The molecule has 5 heteroatoms. The Balaban J connectivity index is 3.65. The largest absolute Gasteiger partial charge is 0.495 e. The molecule has 1 aromatic rings. The van der Waals surface area contributed by atoms with E-state index in [4.69, 9.17) is 16.2 Å². The van der Waals surface area contributed by atoms with E-state index in [2.05, 4.69) is 0 Å². The number of hydrogen-bond acceptors (Lipinski definition) is 3. The molecule has 0 saturated heterocycles. The molecule has 1 aromatic carbocycles. The summed E-state index contributed by atoms with van der Waals surface area (Å²) in [6.45, 7) is 5.89. The molecule has 0 heterocycles. The average Bonchev–Trinajstić information content (AvgIpc) is 2.25. The Morgan fingerprint density at radius 2 is 1.44 bits per heavy atom. The maximum atomic E-state index is 11.4. The predicted molar refractivity (Wildman–Crippen MR) is 68.7 cm³/mol. The van der Waals surface area contributed by atoms with Gasteiger partial charge in [0.1, 0.15) is 5.75 Å². The smallest absolute Gasteiger partial charge is 0.252 e. The van der Waals surface area contributed by atoms with Crippen molar-refractivity contribution in [2.75, 3.05) is 7.11 Å². The first-order valence-corrected chi connectivity index (χ1v) is 5.50. The van der Waals surface area contributed by atoms with E-state index in [9.17, 15) is 9.59 Å². The number of nitrogens with two attached hydrogens (primary N) is 2. The number of ether oxygens (including phenoxy) is 1.